The first kappa shape index (κ1) is 27.3. The van der Waals surface area contributed by atoms with Crippen LogP contribution in [0.15, 0.2) is 67.5 Å². The Balaban J connectivity index is 1.42. The monoisotopic (exact) mass is 552 g/mol. The summed E-state index contributed by atoms with van der Waals surface area (Å²) in [6.07, 6.45) is 1.06. The zero-order chi connectivity index (χ0) is 28.4. The third kappa shape index (κ3) is 5.69. The molecule has 208 valence electrons. The van der Waals surface area contributed by atoms with Crippen molar-refractivity contribution in [3.05, 3.63) is 84.6 Å². The predicted molar refractivity (Wildman–Crippen MR) is 148 cm³/mol. The van der Waals surface area contributed by atoms with E-state index in [2.05, 4.69) is 27.2 Å². The molecule has 40 heavy (non-hydrogen) atoms. The quantitative estimate of drug-likeness (QED) is 0.302. The van der Waals surface area contributed by atoms with Crippen molar-refractivity contribution in [2.45, 2.75) is 24.8 Å². The summed E-state index contributed by atoms with van der Waals surface area (Å²) in [5.74, 6) is -0.355. The molecule has 1 saturated heterocycles. The van der Waals surface area contributed by atoms with Crippen LogP contribution in [0.2, 0.25) is 0 Å². The van der Waals surface area contributed by atoms with Crippen LogP contribution in [0.3, 0.4) is 0 Å². The third-order valence-electron chi connectivity index (χ3n) is 6.93. The Labute approximate surface area is 228 Å². The lowest BCUT2D eigenvalue weighted by molar-refractivity contribution is -0.0688. The van der Waals surface area contributed by atoms with Crippen molar-refractivity contribution in [3.63, 3.8) is 0 Å². The van der Waals surface area contributed by atoms with Gasteiger partial charge in [-0.1, -0.05) is 30.9 Å². The standard InChI is InChI=1S/C29H28F4N6O/c1-18(29(31,32)33)27-20-8-5-9-23(37-24-11-14-38(2)17-22(24)30)21(20)15-19(36-27)7-6-12-34-28(40)25-16-35-26-10-3-4-13-39(25)26/h3-10,13,15-16,22,24,37H,1,11-12,14,17H2,2H3,(H,34,40)/b7-6+/t22-,24+/m0/s1. The van der Waals surface area contributed by atoms with E-state index in [0.29, 0.717) is 35.4 Å². The Morgan fingerprint density at radius 3 is 2.80 bits per heavy atom. The first-order valence-electron chi connectivity index (χ1n) is 12.8. The number of carbonyl (C=O) groups excluding carboxylic acids is 1. The van der Waals surface area contributed by atoms with Crippen LogP contribution in [0, 0.1) is 0 Å². The maximum Gasteiger partial charge on any atom is 0.417 e. The number of benzene rings is 1. The van der Waals surface area contributed by atoms with E-state index >= 15 is 0 Å². The van der Waals surface area contributed by atoms with Gasteiger partial charge >= 0.3 is 6.18 Å². The summed E-state index contributed by atoms with van der Waals surface area (Å²) in [5.41, 5.74) is 0.365. The minimum atomic E-state index is -4.69. The van der Waals surface area contributed by atoms with E-state index in [4.69, 9.17) is 0 Å². The third-order valence-corrected chi connectivity index (χ3v) is 6.93. The number of halogens is 4. The summed E-state index contributed by atoms with van der Waals surface area (Å²) >= 11 is 0. The molecule has 7 nitrogen and oxygen atoms in total. The molecule has 1 fully saturated rings. The maximum absolute atomic E-state index is 14.8. The minimum absolute atomic E-state index is 0.104. The number of rotatable bonds is 7. The number of piperidine rings is 1. The number of anilines is 1. The second-order valence-electron chi connectivity index (χ2n) is 9.78. The van der Waals surface area contributed by atoms with Crippen LogP contribution in [-0.2, 0) is 0 Å². The van der Waals surface area contributed by atoms with Gasteiger partial charge in [0.2, 0.25) is 0 Å². The summed E-state index contributed by atoms with van der Waals surface area (Å²) in [6, 6.07) is 11.4. The number of hydrogen-bond donors (Lipinski definition) is 2. The van der Waals surface area contributed by atoms with E-state index in [9.17, 15) is 22.4 Å². The summed E-state index contributed by atoms with van der Waals surface area (Å²) in [7, 11) is 1.85. The molecular weight excluding hydrogens is 524 g/mol. The van der Waals surface area contributed by atoms with Crippen LogP contribution in [0.4, 0.5) is 23.2 Å². The highest BCUT2D eigenvalue weighted by atomic mass is 19.4. The molecule has 0 bridgehead atoms. The van der Waals surface area contributed by atoms with Gasteiger partial charge in [0, 0.05) is 42.3 Å². The number of hydrogen-bond acceptors (Lipinski definition) is 5. The van der Waals surface area contributed by atoms with Gasteiger partial charge in [-0.05, 0) is 43.8 Å². The fourth-order valence-corrected chi connectivity index (χ4v) is 4.81. The topological polar surface area (TPSA) is 74.6 Å². The number of likely N-dealkylation sites (tertiary alicyclic amines) is 1. The molecule has 3 aromatic heterocycles. The smallest absolute Gasteiger partial charge is 0.379 e. The van der Waals surface area contributed by atoms with Crippen molar-refractivity contribution in [1.29, 1.82) is 0 Å². The number of fused-ring (bicyclic) bond motifs is 2. The lowest BCUT2D eigenvalue weighted by atomic mass is 9.99. The molecule has 2 N–H and O–H groups in total. The first-order chi connectivity index (χ1) is 19.1. The molecule has 1 amide bonds. The molecule has 1 aliphatic rings. The van der Waals surface area contributed by atoms with Crippen LogP contribution in [0.1, 0.15) is 28.3 Å². The summed E-state index contributed by atoms with van der Waals surface area (Å²) in [6.45, 7) is 4.34. The fourth-order valence-electron chi connectivity index (χ4n) is 4.81. The van der Waals surface area contributed by atoms with Gasteiger partial charge in [-0.25, -0.2) is 14.4 Å². The number of imidazole rings is 1. The van der Waals surface area contributed by atoms with Gasteiger partial charge < -0.3 is 15.5 Å². The van der Waals surface area contributed by atoms with E-state index in [-0.39, 0.29) is 35.8 Å². The van der Waals surface area contributed by atoms with Crippen molar-refractivity contribution in [2.24, 2.45) is 0 Å². The molecule has 0 saturated carbocycles. The molecule has 4 aromatic rings. The fraction of sp³-hybridized carbons (Fsp3) is 0.276. The second-order valence-corrected chi connectivity index (χ2v) is 9.78. The van der Waals surface area contributed by atoms with Crippen LogP contribution >= 0.6 is 0 Å². The summed E-state index contributed by atoms with van der Waals surface area (Å²) in [4.78, 5) is 23.0. The van der Waals surface area contributed by atoms with E-state index in [1.807, 2.05) is 18.0 Å². The van der Waals surface area contributed by atoms with Gasteiger partial charge in [0.25, 0.3) is 5.91 Å². The SMILES string of the molecule is C=C(c1nc(/C=C/CNC(=O)c2cnc3ccccn23)cc2c(N[C@@H]3CCN(C)C[C@@H]3F)cccc12)C(F)(F)F. The number of alkyl halides is 4. The Hall–Kier alpha value is -4.25. The number of pyridine rings is 2. The molecule has 5 rings (SSSR count). The average molecular weight is 553 g/mol. The van der Waals surface area contributed by atoms with E-state index in [1.165, 1.54) is 12.3 Å². The van der Waals surface area contributed by atoms with E-state index < -0.39 is 24.0 Å². The van der Waals surface area contributed by atoms with Gasteiger partial charge in [-0.2, -0.15) is 13.2 Å². The number of aromatic nitrogens is 3. The second kappa shape index (κ2) is 11.1. The molecule has 0 aliphatic carbocycles. The number of nitrogens with zero attached hydrogens (tertiary/aromatic N) is 4. The first-order valence-corrected chi connectivity index (χ1v) is 12.8. The lowest BCUT2D eigenvalue weighted by Crippen LogP contribution is -2.46. The summed E-state index contributed by atoms with van der Waals surface area (Å²) in [5, 5.41) is 6.69. The highest BCUT2D eigenvalue weighted by Gasteiger charge is 2.35. The maximum atomic E-state index is 14.8. The molecule has 1 aromatic carbocycles. The minimum Gasteiger partial charge on any atom is -0.379 e. The number of amides is 1. The van der Waals surface area contributed by atoms with Crippen molar-refractivity contribution in [3.8, 4) is 0 Å². The zero-order valence-electron chi connectivity index (χ0n) is 21.8. The van der Waals surface area contributed by atoms with Crippen LogP contribution in [0.5, 0.6) is 0 Å². The Morgan fingerprint density at radius 2 is 2.02 bits per heavy atom. The molecule has 2 atom stereocenters. The van der Waals surface area contributed by atoms with E-state index in [1.54, 1.807) is 53.1 Å². The van der Waals surface area contributed by atoms with E-state index in [0.717, 1.165) is 0 Å². The summed E-state index contributed by atoms with van der Waals surface area (Å²) < 4.78 is 57.6. The van der Waals surface area contributed by atoms with Crippen LogP contribution in [0.25, 0.3) is 28.1 Å². The number of nitrogens with one attached hydrogen (secondary N) is 2. The zero-order valence-corrected chi connectivity index (χ0v) is 21.8. The molecule has 4 heterocycles. The predicted octanol–water partition coefficient (Wildman–Crippen LogP) is 5.36. The molecule has 0 radical (unpaired) electrons. The van der Waals surface area contributed by atoms with Gasteiger partial charge in [-0.3, -0.25) is 9.20 Å². The van der Waals surface area contributed by atoms with Crippen LogP contribution < -0.4 is 10.6 Å². The number of carbonyl (C=O) groups is 1. The van der Waals surface area contributed by atoms with Crippen molar-refractivity contribution >= 4 is 39.7 Å². The Bertz CT molecular complexity index is 1590. The molecule has 0 spiro atoms. The molecule has 11 heteroatoms. The largest absolute Gasteiger partial charge is 0.417 e. The van der Waals surface area contributed by atoms with Crippen molar-refractivity contribution in [1.82, 2.24) is 24.6 Å². The van der Waals surface area contributed by atoms with Crippen molar-refractivity contribution < 1.29 is 22.4 Å². The van der Waals surface area contributed by atoms with Gasteiger partial charge in [-0.15, -0.1) is 0 Å². The molecular formula is C29H28F4N6O. The normalized spacial score (nSPS) is 18.4. The van der Waals surface area contributed by atoms with Gasteiger partial charge in [0.1, 0.15) is 17.5 Å². The average Bonchev–Trinajstić information content (AvgIpc) is 3.36. The Kier molecular flexibility index (Phi) is 7.57. The molecule has 1 aliphatic heterocycles. The highest BCUT2D eigenvalue weighted by molar-refractivity contribution is 6.01. The van der Waals surface area contributed by atoms with Gasteiger partial charge in [0.15, 0.2) is 0 Å². The lowest BCUT2D eigenvalue weighted by Gasteiger charge is -2.33. The van der Waals surface area contributed by atoms with Crippen molar-refractivity contribution in [2.75, 3.05) is 32.0 Å². The Morgan fingerprint density at radius 1 is 1.20 bits per heavy atom. The number of allylic oxidation sites excluding steroid dienone is 1. The highest BCUT2D eigenvalue weighted by Crippen LogP contribution is 2.37. The van der Waals surface area contributed by atoms with Crippen LogP contribution in [-0.4, -0.2) is 70.2 Å². The molecule has 0 unspecified atom stereocenters. The van der Waals surface area contributed by atoms with Gasteiger partial charge in [0.05, 0.1) is 29.2 Å².